The molecule has 1 aliphatic carbocycles. The average Bonchev–Trinajstić information content (AvgIpc) is 3.44. The van der Waals surface area contributed by atoms with Gasteiger partial charge in [-0.2, -0.15) is 0 Å². The molecule has 2 unspecified atom stereocenters. The number of para-hydroxylation sites is 1. The highest BCUT2D eigenvalue weighted by Gasteiger charge is 2.51. The van der Waals surface area contributed by atoms with Crippen LogP contribution >= 0.6 is 0 Å². The number of hydrogen-bond acceptors (Lipinski definition) is 3. The van der Waals surface area contributed by atoms with Crippen LogP contribution in [0.4, 0.5) is 0 Å². The van der Waals surface area contributed by atoms with Crippen molar-refractivity contribution in [1.82, 2.24) is 4.57 Å². The Labute approximate surface area is 219 Å². The standard InChI is InChI=1S/C32H34BNO3/c1-8-9-12-23-21(3)35-30-20(2)15-17-28(29(23)30)34-26-14-11-10-13-24(26)25-19-22(16-18-27(25)34)33-36-31(4,5)32(6,7)37-33/h8-20,30H,1H2,2-7H3/b12-9-. The van der Waals surface area contributed by atoms with E-state index in [2.05, 4.69) is 113 Å². The molecule has 0 amide bonds. The third kappa shape index (κ3) is 3.59. The molecule has 6 rings (SSSR count). The van der Waals surface area contributed by atoms with E-state index in [1.165, 1.54) is 21.9 Å². The highest BCUT2D eigenvalue weighted by Crippen LogP contribution is 2.44. The molecule has 1 fully saturated rings. The van der Waals surface area contributed by atoms with Crippen molar-refractivity contribution in [2.75, 3.05) is 0 Å². The third-order valence-corrected chi connectivity index (χ3v) is 8.43. The van der Waals surface area contributed by atoms with Crippen molar-refractivity contribution >= 4 is 40.1 Å². The fourth-order valence-electron chi connectivity index (χ4n) is 5.69. The second-order valence-corrected chi connectivity index (χ2v) is 11.3. The molecule has 4 nitrogen and oxygen atoms in total. The van der Waals surface area contributed by atoms with Gasteiger partial charge in [-0.3, -0.25) is 0 Å². The predicted octanol–water partition coefficient (Wildman–Crippen LogP) is 6.93. The number of fused-ring (bicyclic) bond motifs is 4. The zero-order chi connectivity index (χ0) is 26.1. The molecule has 3 heterocycles. The molecule has 37 heavy (non-hydrogen) atoms. The van der Waals surface area contributed by atoms with Crippen LogP contribution in [0.1, 0.15) is 41.5 Å². The van der Waals surface area contributed by atoms with Crippen LogP contribution in [0.3, 0.4) is 0 Å². The van der Waals surface area contributed by atoms with E-state index in [4.69, 9.17) is 14.0 Å². The van der Waals surface area contributed by atoms with Crippen LogP contribution < -0.4 is 5.46 Å². The van der Waals surface area contributed by atoms with Crippen LogP contribution in [0.2, 0.25) is 0 Å². The first-order valence-electron chi connectivity index (χ1n) is 13.1. The van der Waals surface area contributed by atoms with Crippen LogP contribution in [-0.2, 0) is 14.0 Å². The Kier molecular flexibility index (Phi) is 5.45. The summed E-state index contributed by atoms with van der Waals surface area (Å²) in [6.07, 6.45) is 10.4. The Hall–Kier alpha value is -3.28. The number of ether oxygens (including phenoxy) is 1. The third-order valence-electron chi connectivity index (χ3n) is 8.43. The van der Waals surface area contributed by atoms with Gasteiger partial charge in [0, 0.05) is 27.8 Å². The van der Waals surface area contributed by atoms with Crippen molar-refractivity contribution in [3.8, 4) is 0 Å². The molecule has 0 bridgehead atoms. The summed E-state index contributed by atoms with van der Waals surface area (Å²) in [4.78, 5) is 0. The molecule has 5 heteroatoms. The van der Waals surface area contributed by atoms with E-state index in [0.29, 0.717) is 0 Å². The van der Waals surface area contributed by atoms with E-state index < -0.39 is 7.12 Å². The lowest BCUT2D eigenvalue weighted by atomic mass is 9.78. The Morgan fingerprint density at radius 3 is 2.41 bits per heavy atom. The highest BCUT2D eigenvalue weighted by molar-refractivity contribution is 6.62. The average molecular weight is 491 g/mol. The van der Waals surface area contributed by atoms with Gasteiger partial charge in [-0.25, -0.2) is 0 Å². The summed E-state index contributed by atoms with van der Waals surface area (Å²) in [7, 11) is -0.400. The summed E-state index contributed by atoms with van der Waals surface area (Å²) >= 11 is 0. The van der Waals surface area contributed by atoms with Gasteiger partial charge in [0.25, 0.3) is 0 Å². The fraction of sp³-hybridized carbons (Fsp3) is 0.312. The minimum Gasteiger partial charge on any atom is -0.489 e. The molecular weight excluding hydrogens is 457 g/mol. The molecule has 188 valence electrons. The molecule has 2 atom stereocenters. The highest BCUT2D eigenvalue weighted by atomic mass is 16.7. The number of aromatic nitrogens is 1. The van der Waals surface area contributed by atoms with E-state index in [0.717, 1.165) is 28.0 Å². The Balaban J connectivity index is 1.58. The molecule has 3 aromatic rings. The Bertz CT molecular complexity index is 1550. The lowest BCUT2D eigenvalue weighted by molar-refractivity contribution is 0.00578. The van der Waals surface area contributed by atoms with Crippen LogP contribution in [-0.4, -0.2) is 29.0 Å². The summed E-state index contributed by atoms with van der Waals surface area (Å²) in [6, 6.07) is 15.2. The van der Waals surface area contributed by atoms with Crippen molar-refractivity contribution in [3.05, 3.63) is 96.3 Å². The van der Waals surface area contributed by atoms with Gasteiger partial charge < -0.3 is 18.6 Å². The minimum absolute atomic E-state index is 0.00953. The molecular formula is C32H34BNO3. The van der Waals surface area contributed by atoms with Crippen LogP contribution in [0.25, 0.3) is 27.5 Å². The molecule has 1 saturated heterocycles. The second-order valence-electron chi connectivity index (χ2n) is 11.3. The summed E-state index contributed by atoms with van der Waals surface area (Å²) < 4.78 is 21.5. The van der Waals surface area contributed by atoms with Gasteiger partial charge in [-0.1, -0.05) is 68.1 Å². The van der Waals surface area contributed by atoms with E-state index in [9.17, 15) is 0 Å². The smallest absolute Gasteiger partial charge is 0.489 e. The first-order chi connectivity index (χ1) is 17.6. The summed E-state index contributed by atoms with van der Waals surface area (Å²) in [5.74, 6) is 1.24. The van der Waals surface area contributed by atoms with Crippen LogP contribution in [0.5, 0.6) is 0 Å². The van der Waals surface area contributed by atoms with E-state index in [1.54, 1.807) is 0 Å². The quantitative estimate of drug-likeness (QED) is 0.293. The van der Waals surface area contributed by atoms with Gasteiger partial charge >= 0.3 is 7.12 Å². The molecule has 2 aromatic carbocycles. The van der Waals surface area contributed by atoms with Crippen molar-refractivity contribution in [1.29, 1.82) is 0 Å². The van der Waals surface area contributed by atoms with Gasteiger partial charge in [-0.15, -0.1) is 0 Å². The van der Waals surface area contributed by atoms with Crippen molar-refractivity contribution < 1.29 is 14.0 Å². The normalized spacial score (nSPS) is 24.5. The maximum Gasteiger partial charge on any atom is 0.494 e. The zero-order valence-electron chi connectivity index (χ0n) is 22.5. The van der Waals surface area contributed by atoms with Crippen LogP contribution in [0, 0.1) is 5.92 Å². The molecule has 0 spiro atoms. The first-order valence-corrected chi connectivity index (χ1v) is 13.1. The molecule has 1 aromatic heterocycles. The number of allylic oxidation sites excluding steroid dienone is 6. The van der Waals surface area contributed by atoms with Gasteiger partial charge in [0.2, 0.25) is 0 Å². The summed E-state index contributed by atoms with van der Waals surface area (Å²) in [5, 5.41) is 2.39. The van der Waals surface area contributed by atoms with Crippen molar-refractivity contribution in [2.24, 2.45) is 5.92 Å². The predicted molar refractivity (Wildman–Crippen MR) is 154 cm³/mol. The van der Waals surface area contributed by atoms with Crippen LogP contribution in [0.15, 0.2) is 96.3 Å². The second kappa shape index (κ2) is 8.37. The lowest BCUT2D eigenvalue weighted by Crippen LogP contribution is -2.41. The molecule has 3 aliphatic rings. The lowest BCUT2D eigenvalue weighted by Gasteiger charge is -2.32. The zero-order valence-corrected chi connectivity index (χ0v) is 22.5. The summed E-state index contributed by atoms with van der Waals surface area (Å²) in [6.45, 7) is 16.5. The molecule has 0 saturated carbocycles. The first kappa shape index (κ1) is 24.1. The summed E-state index contributed by atoms with van der Waals surface area (Å²) in [5.41, 5.74) is 6.10. The van der Waals surface area contributed by atoms with Gasteiger partial charge in [0.05, 0.1) is 27.9 Å². The van der Waals surface area contributed by atoms with E-state index in [-0.39, 0.29) is 23.2 Å². The number of rotatable bonds is 4. The monoisotopic (exact) mass is 491 g/mol. The number of nitrogens with zero attached hydrogens (tertiary/aromatic N) is 1. The molecule has 0 N–H and O–H groups in total. The van der Waals surface area contributed by atoms with Crippen molar-refractivity contribution in [3.63, 3.8) is 0 Å². The fourth-order valence-corrected chi connectivity index (χ4v) is 5.69. The largest absolute Gasteiger partial charge is 0.494 e. The number of benzene rings is 2. The molecule has 2 aliphatic heterocycles. The van der Waals surface area contributed by atoms with Gasteiger partial charge in [0.15, 0.2) is 0 Å². The SMILES string of the molecule is C=C/C=C\C1=C(C)OC2C1=C(n1c3ccccc3c3cc(B4OC(C)(C)C(C)(C)O4)ccc31)C=CC2C. The van der Waals surface area contributed by atoms with Gasteiger partial charge in [-0.05, 0) is 58.3 Å². The maximum absolute atomic E-state index is 6.40. The van der Waals surface area contributed by atoms with Crippen molar-refractivity contribution in [2.45, 2.75) is 58.8 Å². The Morgan fingerprint density at radius 2 is 1.68 bits per heavy atom. The molecule has 0 radical (unpaired) electrons. The van der Waals surface area contributed by atoms with Gasteiger partial charge in [0.1, 0.15) is 11.9 Å². The maximum atomic E-state index is 6.40. The van der Waals surface area contributed by atoms with E-state index >= 15 is 0 Å². The topological polar surface area (TPSA) is 32.6 Å². The Morgan fingerprint density at radius 1 is 0.973 bits per heavy atom. The minimum atomic E-state index is -0.400. The number of hydrogen-bond donors (Lipinski definition) is 0. The van der Waals surface area contributed by atoms with E-state index in [1.807, 2.05) is 12.2 Å².